The van der Waals surface area contributed by atoms with Crippen LogP contribution in [0.1, 0.15) is 30.1 Å². The molecule has 1 aliphatic heterocycles. The first-order valence-corrected chi connectivity index (χ1v) is 12.4. The summed E-state index contributed by atoms with van der Waals surface area (Å²) in [4.78, 5) is 3.90. The van der Waals surface area contributed by atoms with Gasteiger partial charge in [-0.2, -0.15) is 18.3 Å². The van der Waals surface area contributed by atoms with E-state index in [0.29, 0.717) is 21.4 Å². The molecule has 1 aliphatic rings. The fraction of sp³-hybridized carbons (Fsp3) is 0.500. The fourth-order valence-corrected chi connectivity index (χ4v) is 6.67. The summed E-state index contributed by atoms with van der Waals surface area (Å²) in [7, 11) is -4.45. The molecule has 0 aliphatic carbocycles. The van der Waals surface area contributed by atoms with Crippen molar-refractivity contribution in [3.05, 3.63) is 34.5 Å². The van der Waals surface area contributed by atoms with Crippen molar-refractivity contribution >= 4 is 26.1 Å². The smallest absolute Gasteiger partial charge is 0.396 e. The summed E-state index contributed by atoms with van der Waals surface area (Å²) in [5, 5.41) is 24.5. The molecule has 0 spiro atoms. The van der Waals surface area contributed by atoms with Gasteiger partial charge in [0, 0.05) is 5.56 Å². The number of ether oxygens (including phenoxy) is 1. The first kappa shape index (κ1) is 24.1. The van der Waals surface area contributed by atoms with Crippen LogP contribution in [0.2, 0.25) is 0 Å². The molecule has 1 aromatic carbocycles. The summed E-state index contributed by atoms with van der Waals surface area (Å²) in [6, 6.07) is 2.88. The van der Waals surface area contributed by atoms with Crippen molar-refractivity contribution in [1.82, 2.24) is 14.6 Å². The van der Waals surface area contributed by atoms with E-state index < -0.39 is 49.8 Å². The molecular formula is C20H22F3N3O5S2. The van der Waals surface area contributed by atoms with Crippen molar-refractivity contribution in [3.63, 3.8) is 0 Å². The van der Waals surface area contributed by atoms with E-state index in [1.54, 1.807) is 20.8 Å². The molecule has 2 N–H and O–H groups in total. The number of benzene rings is 1. The number of sulfone groups is 1. The van der Waals surface area contributed by atoms with Crippen LogP contribution in [-0.2, 0) is 26.4 Å². The van der Waals surface area contributed by atoms with E-state index in [4.69, 9.17) is 4.74 Å². The molecule has 4 rings (SSSR count). The molecule has 3 aromatic rings. The fourth-order valence-electron chi connectivity index (χ4n) is 3.68. The Labute approximate surface area is 191 Å². The van der Waals surface area contributed by atoms with E-state index in [0.717, 1.165) is 23.5 Å². The molecule has 0 atom stereocenters. The molecule has 0 amide bonds. The predicted molar refractivity (Wildman–Crippen MR) is 114 cm³/mol. The van der Waals surface area contributed by atoms with Crippen LogP contribution < -0.4 is 0 Å². The number of aromatic nitrogens is 3. The Morgan fingerprint density at radius 3 is 2.45 bits per heavy atom. The number of aliphatic hydroxyl groups excluding tert-OH is 1. The Morgan fingerprint density at radius 2 is 1.94 bits per heavy atom. The van der Waals surface area contributed by atoms with Gasteiger partial charge in [0.2, 0.25) is 4.96 Å². The molecule has 1 saturated heterocycles. The predicted octanol–water partition coefficient (Wildman–Crippen LogP) is 2.80. The molecule has 180 valence electrons. The first-order valence-electron chi connectivity index (χ1n) is 9.89. The van der Waals surface area contributed by atoms with Gasteiger partial charge in [-0.25, -0.2) is 17.9 Å². The highest BCUT2D eigenvalue weighted by atomic mass is 32.2. The minimum Gasteiger partial charge on any atom is -0.396 e. The monoisotopic (exact) mass is 505 g/mol. The van der Waals surface area contributed by atoms with Crippen molar-refractivity contribution in [2.45, 2.75) is 37.4 Å². The summed E-state index contributed by atoms with van der Waals surface area (Å²) in [6.07, 6.45) is -4.90. The van der Waals surface area contributed by atoms with Crippen molar-refractivity contribution < 1.29 is 36.5 Å². The molecule has 2 aromatic heterocycles. The standard InChI is InChI=1S/C20H22F3N3O5S2/c1-11-15(26-17(24-11)32-16(25-26)18(2,3)28)12-4-5-13(20(21,22)23)14(6-12)33(29,30)10-19(7-27)8-31-9-19/h4-6,27-28H,7-10H2,1-3H3. The molecule has 0 bridgehead atoms. The molecule has 0 saturated carbocycles. The number of aliphatic hydroxyl groups is 2. The minimum atomic E-state index is -4.90. The van der Waals surface area contributed by atoms with Crippen molar-refractivity contribution in [1.29, 1.82) is 0 Å². The zero-order valence-electron chi connectivity index (χ0n) is 18.0. The number of imidazole rings is 1. The van der Waals surface area contributed by atoms with Gasteiger partial charge >= 0.3 is 6.18 Å². The van der Waals surface area contributed by atoms with Crippen LogP contribution in [0.15, 0.2) is 23.1 Å². The molecule has 33 heavy (non-hydrogen) atoms. The van der Waals surface area contributed by atoms with Crippen molar-refractivity contribution in [3.8, 4) is 11.3 Å². The minimum absolute atomic E-state index is 0.0509. The molecule has 13 heteroatoms. The lowest BCUT2D eigenvalue weighted by atomic mass is 9.90. The SMILES string of the molecule is Cc1nc2sc(C(C)(C)O)nn2c1-c1ccc(C(F)(F)F)c(S(=O)(=O)CC2(CO)COC2)c1. The molecule has 1 fully saturated rings. The Kier molecular flexibility index (Phi) is 5.64. The largest absolute Gasteiger partial charge is 0.417 e. The summed E-state index contributed by atoms with van der Waals surface area (Å²) >= 11 is 1.12. The normalized spacial score (nSPS) is 16.8. The van der Waals surface area contributed by atoms with Crippen molar-refractivity contribution in [2.24, 2.45) is 5.41 Å². The summed E-state index contributed by atoms with van der Waals surface area (Å²) in [5.74, 6) is -0.677. The lowest BCUT2D eigenvalue weighted by Gasteiger charge is -2.39. The Bertz CT molecular complexity index is 1310. The van der Waals surface area contributed by atoms with Gasteiger partial charge in [0.1, 0.15) is 10.6 Å². The van der Waals surface area contributed by atoms with Gasteiger partial charge < -0.3 is 14.9 Å². The second-order valence-corrected chi connectivity index (χ2v) is 11.7. The van der Waals surface area contributed by atoms with Crippen LogP contribution in [0, 0.1) is 12.3 Å². The van der Waals surface area contributed by atoms with E-state index in [-0.39, 0.29) is 18.8 Å². The highest BCUT2D eigenvalue weighted by Gasteiger charge is 2.45. The van der Waals surface area contributed by atoms with Gasteiger partial charge in [-0.1, -0.05) is 17.4 Å². The summed E-state index contributed by atoms with van der Waals surface area (Å²) < 4.78 is 73.9. The maximum Gasteiger partial charge on any atom is 0.417 e. The van der Waals surface area contributed by atoms with Crippen LogP contribution in [0.4, 0.5) is 13.2 Å². The van der Waals surface area contributed by atoms with Crippen LogP contribution in [0.25, 0.3) is 16.2 Å². The lowest BCUT2D eigenvalue weighted by molar-refractivity contribution is -0.140. The van der Waals surface area contributed by atoms with E-state index in [1.165, 1.54) is 10.6 Å². The van der Waals surface area contributed by atoms with Gasteiger partial charge in [-0.15, -0.1) is 0 Å². The van der Waals surface area contributed by atoms with Gasteiger partial charge in [-0.05, 0) is 32.9 Å². The summed E-state index contributed by atoms with van der Waals surface area (Å²) in [5.41, 5.74) is -2.72. The van der Waals surface area contributed by atoms with Gasteiger partial charge in [0.25, 0.3) is 0 Å². The van der Waals surface area contributed by atoms with E-state index in [9.17, 15) is 31.8 Å². The number of hydrogen-bond donors (Lipinski definition) is 2. The molecule has 8 nitrogen and oxygen atoms in total. The topological polar surface area (TPSA) is 114 Å². The van der Waals surface area contributed by atoms with Crippen LogP contribution in [-0.4, -0.2) is 58.8 Å². The second-order valence-electron chi connectivity index (χ2n) is 8.83. The average molecular weight is 506 g/mol. The molecule has 0 unspecified atom stereocenters. The lowest BCUT2D eigenvalue weighted by Crippen LogP contribution is -2.50. The maximum atomic E-state index is 13.7. The first-order chi connectivity index (χ1) is 15.2. The maximum absolute atomic E-state index is 13.7. The third-order valence-corrected chi connectivity index (χ3v) is 8.67. The third kappa shape index (κ3) is 4.28. The second kappa shape index (κ2) is 7.73. The van der Waals surface area contributed by atoms with E-state index in [2.05, 4.69) is 10.1 Å². The number of nitrogens with zero attached hydrogens (tertiary/aromatic N) is 3. The number of halogens is 3. The number of fused-ring (bicyclic) bond motifs is 1. The zero-order chi connectivity index (χ0) is 24.4. The van der Waals surface area contributed by atoms with Crippen molar-refractivity contribution in [2.75, 3.05) is 25.6 Å². The van der Waals surface area contributed by atoms with Crippen LogP contribution in [0.3, 0.4) is 0 Å². The molecule has 0 radical (unpaired) electrons. The molecule has 3 heterocycles. The Balaban J connectivity index is 1.89. The third-order valence-electron chi connectivity index (χ3n) is 5.44. The van der Waals surface area contributed by atoms with Crippen LogP contribution in [0.5, 0.6) is 0 Å². The quantitative estimate of drug-likeness (QED) is 0.530. The summed E-state index contributed by atoms with van der Waals surface area (Å²) in [6.45, 7) is 4.10. The highest BCUT2D eigenvalue weighted by molar-refractivity contribution is 7.91. The number of hydrogen-bond acceptors (Lipinski definition) is 8. The zero-order valence-corrected chi connectivity index (χ0v) is 19.6. The van der Waals surface area contributed by atoms with E-state index in [1.807, 2.05) is 0 Å². The van der Waals surface area contributed by atoms with Gasteiger partial charge in [0.15, 0.2) is 9.84 Å². The van der Waals surface area contributed by atoms with Gasteiger partial charge in [0.05, 0.1) is 52.8 Å². The number of alkyl halides is 3. The van der Waals surface area contributed by atoms with Gasteiger partial charge in [-0.3, -0.25) is 0 Å². The average Bonchev–Trinajstić information content (AvgIpc) is 3.20. The number of aryl methyl sites for hydroxylation is 1. The highest BCUT2D eigenvalue weighted by Crippen LogP contribution is 2.40. The molecular weight excluding hydrogens is 483 g/mol. The Morgan fingerprint density at radius 1 is 1.27 bits per heavy atom. The van der Waals surface area contributed by atoms with E-state index >= 15 is 0 Å². The Hall–Kier alpha value is -2.06. The van der Waals surface area contributed by atoms with Crippen LogP contribution >= 0.6 is 11.3 Å². The number of rotatable bonds is 6.